The largest absolute Gasteiger partial charge is 0.480 e. The average Bonchev–Trinajstić information content (AvgIpc) is 2.80. The second-order valence-electron chi connectivity index (χ2n) is 5.16. The number of nitrogens with zero attached hydrogens (tertiary/aromatic N) is 1. The van der Waals surface area contributed by atoms with Gasteiger partial charge in [0.1, 0.15) is 5.54 Å². The maximum Gasteiger partial charge on any atom is 0.329 e. The van der Waals surface area contributed by atoms with Gasteiger partial charge in [-0.05, 0) is 25.5 Å². The fourth-order valence-electron chi connectivity index (χ4n) is 2.02. The molecule has 5 heteroatoms. The fraction of sp³-hybridized carbons (Fsp3) is 0.429. The molecular weight excluding hydrogens is 262 g/mol. The molecule has 0 fully saturated rings. The maximum atomic E-state index is 12.5. The van der Waals surface area contributed by atoms with Gasteiger partial charge in [-0.3, -0.25) is 4.79 Å². The number of fused-ring (bicyclic) bond motifs is 1. The van der Waals surface area contributed by atoms with E-state index >= 15 is 0 Å². The zero-order valence-corrected chi connectivity index (χ0v) is 12.0. The van der Waals surface area contributed by atoms with Crippen molar-refractivity contribution in [3.05, 3.63) is 29.8 Å². The average molecular weight is 279 g/mol. The van der Waals surface area contributed by atoms with Gasteiger partial charge in [-0.2, -0.15) is 0 Å². The Morgan fingerprint density at radius 2 is 2.00 bits per heavy atom. The van der Waals surface area contributed by atoms with Gasteiger partial charge in [0, 0.05) is 17.7 Å². The van der Waals surface area contributed by atoms with Crippen LogP contribution in [0.2, 0.25) is 0 Å². The third kappa shape index (κ3) is 2.34. The first-order valence-electron chi connectivity index (χ1n) is 6.08. The van der Waals surface area contributed by atoms with Crippen LogP contribution in [0.5, 0.6) is 0 Å². The summed E-state index contributed by atoms with van der Waals surface area (Å²) in [4.78, 5) is 26.2. The summed E-state index contributed by atoms with van der Waals surface area (Å²) in [6.07, 6.45) is 0. The Hall–Kier alpha value is -1.49. The SMILES string of the molecule is CN(C(=O)C1CSc2ccccc21)C(C)(C)C(=O)O. The van der Waals surface area contributed by atoms with Crippen molar-refractivity contribution in [1.29, 1.82) is 0 Å². The molecule has 4 nitrogen and oxygen atoms in total. The van der Waals surface area contributed by atoms with Crippen LogP contribution < -0.4 is 0 Å². The first kappa shape index (κ1) is 13.9. The zero-order valence-electron chi connectivity index (χ0n) is 11.2. The summed E-state index contributed by atoms with van der Waals surface area (Å²) in [5.74, 6) is -0.699. The lowest BCUT2D eigenvalue weighted by Crippen LogP contribution is -2.52. The number of carboxylic acids is 1. The van der Waals surface area contributed by atoms with Gasteiger partial charge in [-0.15, -0.1) is 11.8 Å². The molecule has 102 valence electrons. The summed E-state index contributed by atoms with van der Waals surface area (Å²) in [5, 5.41) is 9.20. The normalized spacial score (nSPS) is 17.9. The molecule has 0 spiro atoms. The van der Waals surface area contributed by atoms with Gasteiger partial charge >= 0.3 is 5.97 Å². The van der Waals surface area contributed by atoms with Crippen LogP contribution in [0.15, 0.2) is 29.2 Å². The van der Waals surface area contributed by atoms with E-state index in [4.69, 9.17) is 0 Å². The van der Waals surface area contributed by atoms with E-state index in [-0.39, 0.29) is 11.8 Å². The molecule has 1 heterocycles. The highest BCUT2D eigenvalue weighted by Gasteiger charge is 2.40. The lowest BCUT2D eigenvalue weighted by molar-refractivity contribution is -0.155. The number of rotatable bonds is 3. The summed E-state index contributed by atoms with van der Waals surface area (Å²) >= 11 is 1.65. The van der Waals surface area contributed by atoms with Gasteiger partial charge in [0.2, 0.25) is 5.91 Å². The second kappa shape index (κ2) is 4.89. The summed E-state index contributed by atoms with van der Waals surface area (Å²) in [5.41, 5.74) is -0.190. The van der Waals surface area contributed by atoms with E-state index < -0.39 is 11.5 Å². The Kier molecular flexibility index (Phi) is 3.58. The summed E-state index contributed by atoms with van der Waals surface area (Å²) in [7, 11) is 1.56. The molecule has 1 atom stereocenters. The van der Waals surface area contributed by atoms with Crippen LogP contribution in [0.25, 0.3) is 0 Å². The van der Waals surface area contributed by atoms with Crippen molar-refractivity contribution in [3.63, 3.8) is 0 Å². The molecule has 0 radical (unpaired) electrons. The van der Waals surface area contributed by atoms with E-state index in [1.807, 2.05) is 24.3 Å². The Bertz CT molecular complexity index is 527. The van der Waals surface area contributed by atoms with Gasteiger partial charge in [-0.1, -0.05) is 18.2 Å². The van der Waals surface area contributed by atoms with Crippen LogP contribution in [0.1, 0.15) is 25.3 Å². The third-order valence-electron chi connectivity index (χ3n) is 3.69. The zero-order chi connectivity index (χ0) is 14.2. The quantitative estimate of drug-likeness (QED) is 0.921. The fourth-order valence-corrected chi connectivity index (χ4v) is 3.24. The van der Waals surface area contributed by atoms with Crippen LogP contribution >= 0.6 is 11.8 Å². The topological polar surface area (TPSA) is 57.6 Å². The van der Waals surface area contributed by atoms with Gasteiger partial charge in [0.05, 0.1) is 5.92 Å². The Balaban J connectivity index is 2.25. The number of amides is 1. The highest BCUT2D eigenvalue weighted by molar-refractivity contribution is 7.99. The van der Waals surface area contributed by atoms with E-state index in [1.54, 1.807) is 32.7 Å². The van der Waals surface area contributed by atoms with E-state index in [0.717, 1.165) is 10.5 Å². The molecule has 1 N–H and O–H groups in total. The second-order valence-corrected chi connectivity index (χ2v) is 6.22. The van der Waals surface area contributed by atoms with Crippen molar-refractivity contribution in [2.45, 2.75) is 30.2 Å². The lowest BCUT2D eigenvalue weighted by Gasteiger charge is -2.33. The van der Waals surface area contributed by atoms with Crippen LogP contribution in [-0.2, 0) is 9.59 Å². The first-order chi connectivity index (χ1) is 8.85. The molecule has 1 aliphatic rings. The molecule has 1 aromatic carbocycles. The molecule has 2 rings (SSSR count). The Labute approximate surface area is 116 Å². The van der Waals surface area contributed by atoms with Crippen molar-refractivity contribution in [2.75, 3.05) is 12.8 Å². The van der Waals surface area contributed by atoms with Crippen molar-refractivity contribution in [3.8, 4) is 0 Å². The number of thioether (sulfide) groups is 1. The van der Waals surface area contributed by atoms with Crippen LogP contribution in [0.3, 0.4) is 0 Å². The maximum absolute atomic E-state index is 12.5. The predicted molar refractivity (Wildman–Crippen MR) is 74.4 cm³/mol. The number of likely N-dealkylation sites (N-methyl/N-ethyl adjacent to an activating group) is 1. The van der Waals surface area contributed by atoms with Gasteiger partial charge < -0.3 is 10.0 Å². The number of hydrogen-bond acceptors (Lipinski definition) is 3. The van der Waals surface area contributed by atoms with Crippen molar-refractivity contribution >= 4 is 23.6 Å². The minimum atomic E-state index is -1.20. The first-order valence-corrected chi connectivity index (χ1v) is 7.07. The molecule has 0 bridgehead atoms. The summed E-state index contributed by atoms with van der Waals surface area (Å²) in [6, 6.07) is 7.80. The number of aliphatic carboxylic acids is 1. The monoisotopic (exact) mass is 279 g/mol. The predicted octanol–water partition coefficient (Wildman–Crippen LogP) is 2.20. The molecule has 1 amide bonds. The molecule has 0 saturated carbocycles. The van der Waals surface area contributed by atoms with Crippen LogP contribution in [-0.4, -0.2) is 40.2 Å². The molecule has 1 aliphatic heterocycles. The lowest BCUT2D eigenvalue weighted by atomic mass is 9.96. The standard InChI is InChI=1S/C14H17NO3S/c1-14(2,13(17)18)15(3)12(16)10-8-19-11-7-5-4-6-9(10)11/h4-7,10H,8H2,1-3H3,(H,17,18). The number of carboxylic acid groups (broad SMARTS) is 1. The van der Waals surface area contributed by atoms with Gasteiger partial charge in [0.15, 0.2) is 0 Å². The van der Waals surface area contributed by atoms with E-state index in [0.29, 0.717) is 5.75 Å². The molecule has 19 heavy (non-hydrogen) atoms. The Morgan fingerprint density at radius 3 is 2.63 bits per heavy atom. The summed E-state index contributed by atoms with van der Waals surface area (Å²) in [6.45, 7) is 3.09. The summed E-state index contributed by atoms with van der Waals surface area (Å²) < 4.78 is 0. The highest BCUT2D eigenvalue weighted by atomic mass is 32.2. The minimum absolute atomic E-state index is 0.134. The molecule has 0 saturated heterocycles. The minimum Gasteiger partial charge on any atom is -0.480 e. The molecule has 0 aromatic heterocycles. The molecule has 1 aromatic rings. The molecular formula is C14H17NO3S. The number of hydrogen-bond donors (Lipinski definition) is 1. The van der Waals surface area contributed by atoms with Crippen LogP contribution in [0, 0.1) is 0 Å². The van der Waals surface area contributed by atoms with E-state index in [1.165, 1.54) is 4.90 Å². The number of carbonyl (C=O) groups is 2. The third-order valence-corrected chi connectivity index (χ3v) is 4.87. The number of carbonyl (C=O) groups excluding carboxylic acids is 1. The smallest absolute Gasteiger partial charge is 0.329 e. The number of benzene rings is 1. The van der Waals surface area contributed by atoms with Gasteiger partial charge in [0.25, 0.3) is 0 Å². The van der Waals surface area contributed by atoms with Crippen molar-refractivity contribution < 1.29 is 14.7 Å². The highest BCUT2D eigenvalue weighted by Crippen LogP contribution is 2.40. The van der Waals surface area contributed by atoms with Crippen molar-refractivity contribution in [1.82, 2.24) is 4.90 Å². The molecule has 1 unspecified atom stereocenters. The van der Waals surface area contributed by atoms with E-state index in [2.05, 4.69) is 0 Å². The van der Waals surface area contributed by atoms with Crippen LogP contribution in [0.4, 0.5) is 0 Å². The van der Waals surface area contributed by atoms with E-state index in [9.17, 15) is 14.7 Å². The van der Waals surface area contributed by atoms with Crippen molar-refractivity contribution in [2.24, 2.45) is 0 Å². The van der Waals surface area contributed by atoms with Gasteiger partial charge in [-0.25, -0.2) is 4.79 Å². The Morgan fingerprint density at radius 1 is 1.37 bits per heavy atom. The molecule has 0 aliphatic carbocycles.